The van der Waals surface area contributed by atoms with Gasteiger partial charge in [-0.1, -0.05) is 0 Å². The SMILES string of the molecule is CNC(=O)c1ccnc(OC)n1. The van der Waals surface area contributed by atoms with Crippen LogP contribution in [0.2, 0.25) is 0 Å². The van der Waals surface area contributed by atoms with Gasteiger partial charge in [0, 0.05) is 13.2 Å². The van der Waals surface area contributed by atoms with E-state index in [2.05, 4.69) is 15.3 Å². The summed E-state index contributed by atoms with van der Waals surface area (Å²) in [5.74, 6) is -0.254. The Bertz CT molecular complexity index is 288. The van der Waals surface area contributed by atoms with Crippen molar-refractivity contribution < 1.29 is 9.53 Å². The van der Waals surface area contributed by atoms with E-state index in [1.54, 1.807) is 0 Å². The van der Waals surface area contributed by atoms with Crippen molar-refractivity contribution in [1.29, 1.82) is 0 Å². The number of aromatic nitrogens is 2. The zero-order valence-corrected chi connectivity index (χ0v) is 6.87. The lowest BCUT2D eigenvalue weighted by molar-refractivity contribution is 0.0957. The Morgan fingerprint density at radius 1 is 1.67 bits per heavy atom. The van der Waals surface area contributed by atoms with E-state index in [1.807, 2.05) is 0 Å². The molecule has 0 bridgehead atoms. The first-order valence-electron chi connectivity index (χ1n) is 3.37. The summed E-state index contributed by atoms with van der Waals surface area (Å²) in [5, 5.41) is 2.45. The monoisotopic (exact) mass is 167 g/mol. The highest BCUT2D eigenvalue weighted by molar-refractivity contribution is 5.91. The number of nitrogens with one attached hydrogen (secondary N) is 1. The molecule has 0 saturated carbocycles. The van der Waals surface area contributed by atoms with Crippen LogP contribution in [0.15, 0.2) is 12.3 Å². The molecule has 12 heavy (non-hydrogen) atoms. The van der Waals surface area contributed by atoms with Gasteiger partial charge in [0.1, 0.15) is 5.69 Å². The molecule has 0 atom stereocenters. The molecule has 0 aliphatic rings. The molecule has 1 N–H and O–H groups in total. The first-order valence-corrected chi connectivity index (χ1v) is 3.37. The van der Waals surface area contributed by atoms with Gasteiger partial charge in [0.05, 0.1) is 7.11 Å². The summed E-state index contributed by atoms with van der Waals surface area (Å²) < 4.78 is 4.75. The Hall–Kier alpha value is -1.65. The first-order chi connectivity index (χ1) is 5.77. The van der Waals surface area contributed by atoms with E-state index in [0.717, 1.165) is 0 Å². The highest BCUT2D eigenvalue weighted by Gasteiger charge is 2.05. The largest absolute Gasteiger partial charge is 0.467 e. The van der Waals surface area contributed by atoms with E-state index in [-0.39, 0.29) is 11.9 Å². The van der Waals surface area contributed by atoms with Crippen LogP contribution in [0.3, 0.4) is 0 Å². The highest BCUT2D eigenvalue weighted by Crippen LogP contribution is 2.00. The van der Waals surface area contributed by atoms with Gasteiger partial charge in [-0.2, -0.15) is 4.98 Å². The minimum absolute atomic E-state index is 0.191. The Kier molecular flexibility index (Phi) is 2.57. The number of ether oxygens (including phenoxy) is 1. The number of amides is 1. The number of hydrogen-bond donors (Lipinski definition) is 1. The van der Waals surface area contributed by atoms with Gasteiger partial charge < -0.3 is 10.1 Å². The van der Waals surface area contributed by atoms with E-state index < -0.39 is 0 Å². The fourth-order valence-corrected chi connectivity index (χ4v) is 0.694. The number of rotatable bonds is 2. The van der Waals surface area contributed by atoms with E-state index in [1.165, 1.54) is 26.4 Å². The molecule has 5 nitrogen and oxygen atoms in total. The van der Waals surface area contributed by atoms with Crippen molar-refractivity contribution in [3.8, 4) is 6.01 Å². The van der Waals surface area contributed by atoms with Gasteiger partial charge in [0.25, 0.3) is 5.91 Å². The molecule has 5 heteroatoms. The maximum absolute atomic E-state index is 11.0. The Balaban J connectivity index is 2.93. The summed E-state index contributed by atoms with van der Waals surface area (Å²) in [6.07, 6.45) is 1.47. The zero-order valence-electron chi connectivity index (χ0n) is 6.87. The molecule has 0 saturated heterocycles. The van der Waals surface area contributed by atoms with Crippen molar-refractivity contribution in [2.45, 2.75) is 0 Å². The standard InChI is InChI=1S/C7H9N3O2/c1-8-6(11)5-3-4-9-7(10-5)12-2/h3-4H,1-2H3,(H,8,11). The minimum Gasteiger partial charge on any atom is -0.467 e. The number of nitrogens with zero attached hydrogens (tertiary/aromatic N) is 2. The molecule has 1 heterocycles. The lowest BCUT2D eigenvalue weighted by atomic mass is 10.4. The molecule has 0 aliphatic heterocycles. The summed E-state index contributed by atoms with van der Waals surface area (Å²) >= 11 is 0. The van der Waals surface area contributed by atoms with Crippen LogP contribution in [0.5, 0.6) is 6.01 Å². The molecule has 1 rings (SSSR count). The predicted octanol–water partition coefficient (Wildman–Crippen LogP) is -0.155. The van der Waals surface area contributed by atoms with Crippen LogP contribution in [-0.4, -0.2) is 30.0 Å². The van der Waals surface area contributed by atoms with Crippen LogP contribution in [0.1, 0.15) is 10.5 Å². The van der Waals surface area contributed by atoms with Crippen molar-refractivity contribution in [3.05, 3.63) is 18.0 Å². The van der Waals surface area contributed by atoms with Crippen molar-refractivity contribution in [2.24, 2.45) is 0 Å². The third-order valence-electron chi connectivity index (χ3n) is 1.28. The van der Waals surface area contributed by atoms with E-state index in [4.69, 9.17) is 4.74 Å². The van der Waals surface area contributed by atoms with Gasteiger partial charge in [-0.05, 0) is 6.07 Å². The highest BCUT2D eigenvalue weighted by atomic mass is 16.5. The lowest BCUT2D eigenvalue weighted by Gasteiger charge is -1.99. The van der Waals surface area contributed by atoms with Crippen molar-refractivity contribution in [3.63, 3.8) is 0 Å². The Labute approximate surface area is 69.8 Å². The van der Waals surface area contributed by atoms with E-state index in [9.17, 15) is 4.79 Å². The molecule has 0 aliphatic carbocycles. The summed E-state index contributed by atoms with van der Waals surface area (Å²) in [6, 6.07) is 1.71. The maximum Gasteiger partial charge on any atom is 0.316 e. The molecule has 1 amide bonds. The average Bonchev–Trinajstić information content (AvgIpc) is 2.17. The second-order valence-electron chi connectivity index (χ2n) is 2.01. The van der Waals surface area contributed by atoms with Gasteiger partial charge in [-0.25, -0.2) is 4.98 Å². The van der Waals surface area contributed by atoms with Gasteiger partial charge in [-0.15, -0.1) is 0 Å². The fourth-order valence-electron chi connectivity index (χ4n) is 0.694. The first kappa shape index (κ1) is 8.45. The number of carbonyl (C=O) groups is 1. The number of methoxy groups -OCH3 is 1. The molecule has 1 aromatic heterocycles. The zero-order chi connectivity index (χ0) is 8.97. The van der Waals surface area contributed by atoms with Crippen molar-refractivity contribution in [1.82, 2.24) is 15.3 Å². The molecule has 0 fully saturated rings. The number of carbonyl (C=O) groups excluding carboxylic acids is 1. The second kappa shape index (κ2) is 3.66. The van der Waals surface area contributed by atoms with Gasteiger partial charge in [-0.3, -0.25) is 4.79 Å². The van der Waals surface area contributed by atoms with Crippen molar-refractivity contribution in [2.75, 3.05) is 14.2 Å². The fraction of sp³-hybridized carbons (Fsp3) is 0.286. The quantitative estimate of drug-likeness (QED) is 0.665. The average molecular weight is 167 g/mol. The predicted molar refractivity (Wildman–Crippen MR) is 42.0 cm³/mol. The van der Waals surface area contributed by atoms with Gasteiger partial charge in [0.2, 0.25) is 0 Å². The molecule has 0 spiro atoms. The second-order valence-corrected chi connectivity index (χ2v) is 2.01. The van der Waals surface area contributed by atoms with Gasteiger partial charge in [0.15, 0.2) is 0 Å². The van der Waals surface area contributed by atoms with Crippen LogP contribution >= 0.6 is 0 Å². The van der Waals surface area contributed by atoms with E-state index >= 15 is 0 Å². The molecular weight excluding hydrogens is 158 g/mol. The smallest absolute Gasteiger partial charge is 0.316 e. The Morgan fingerprint density at radius 3 is 3.00 bits per heavy atom. The summed E-state index contributed by atoms with van der Waals surface area (Å²) in [5.41, 5.74) is 0.296. The van der Waals surface area contributed by atoms with Gasteiger partial charge >= 0.3 is 6.01 Å². The maximum atomic E-state index is 11.0. The van der Waals surface area contributed by atoms with Crippen molar-refractivity contribution >= 4 is 5.91 Å². The summed E-state index contributed by atoms with van der Waals surface area (Å²) in [6.45, 7) is 0. The summed E-state index contributed by atoms with van der Waals surface area (Å²) in [4.78, 5) is 18.6. The molecular formula is C7H9N3O2. The van der Waals surface area contributed by atoms with Crippen LogP contribution in [-0.2, 0) is 0 Å². The topological polar surface area (TPSA) is 64.1 Å². The molecule has 64 valence electrons. The minimum atomic E-state index is -0.254. The summed E-state index contributed by atoms with van der Waals surface area (Å²) in [7, 11) is 2.99. The van der Waals surface area contributed by atoms with Crippen LogP contribution < -0.4 is 10.1 Å². The lowest BCUT2D eigenvalue weighted by Crippen LogP contribution is -2.19. The molecule has 0 unspecified atom stereocenters. The normalized spacial score (nSPS) is 9.17. The van der Waals surface area contributed by atoms with Crippen LogP contribution in [0, 0.1) is 0 Å². The molecule has 0 radical (unpaired) electrons. The number of hydrogen-bond acceptors (Lipinski definition) is 4. The molecule has 0 aromatic carbocycles. The third-order valence-corrected chi connectivity index (χ3v) is 1.28. The van der Waals surface area contributed by atoms with E-state index in [0.29, 0.717) is 5.69 Å². The molecule has 1 aromatic rings. The van der Waals surface area contributed by atoms with Crippen LogP contribution in [0.25, 0.3) is 0 Å². The Morgan fingerprint density at radius 2 is 2.42 bits per heavy atom. The van der Waals surface area contributed by atoms with Crippen LogP contribution in [0.4, 0.5) is 0 Å². The third kappa shape index (κ3) is 1.69.